The van der Waals surface area contributed by atoms with Gasteiger partial charge in [0.2, 0.25) is 0 Å². The van der Waals surface area contributed by atoms with Gasteiger partial charge in [0, 0.05) is 24.6 Å². The van der Waals surface area contributed by atoms with Crippen LogP contribution in [0.4, 0.5) is 4.39 Å². The van der Waals surface area contributed by atoms with Gasteiger partial charge in [-0.25, -0.2) is 4.39 Å². The second kappa shape index (κ2) is 14.5. The summed E-state index contributed by atoms with van der Waals surface area (Å²) in [6, 6.07) is 5.17. The van der Waals surface area contributed by atoms with Crippen LogP contribution in [0.25, 0.3) is 0 Å². The largest absolute Gasteiger partial charge is 0.465 e. The molecular formula is C33H48FN3O. The third-order valence-electron chi connectivity index (χ3n) is 8.26. The summed E-state index contributed by atoms with van der Waals surface area (Å²) in [6.07, 6.45) is 11.7. The minimum Gasteiger partial charge on any atom is -0.465 e. The van der Waals surface area contributed by atoms with Crippen LogP contribution in [0, 0.1) is 17.1 Å². The van der Waals surface area contributed by atoms with E-state index in [9.17, 15) is 0 Å². The van der Waals surface area contributed by atoms with Gasteiger partial charge in [-0.1, -0.05) is 43.7 Å². The highest BCUT2D eigenvalue weighted by atomic mass is 19.1. The van der Waals surface area contributed by atoms with Crippen LogP contribution in [0.15, 0.2) is 64.7 Å². The number of nitrogens with one attached hydrogen (secondary N) is 1. The fraction of sp³-hybridized carbons (Fsp3) is 0.545. The molecule has 0 saturated carbocycles. The van der Waals surface area contributed by atoms with Gasteiger partial charge in [0.25, 0.3) is 0 Å². The second-order valence-corrected chi connectivity index (χ2v) is 10.7. The van der Waals surface area contributed by atoms with Crippen molar-refractivity contribution in [2.24, 2.45) is 5.92 Å². The SMILES string of the molecule is C/C=C\OC1=C(C)C(C)/C(=C(/C)CC)C=C1CCc1c(F)cccc1C(=N)N(CC)CCCN1CCCC1. The summed E-state index contributed by atoms with van der Waals surface area (Å²) in [5.41, 5.74) is 6.34. The molecule has 38 heavy (non-hydrogen) atoms. The fourth-order valence-electron chi connectivity index (χ4n) is 5.63. The van der Waals surface area contributed by atoms with E-state index in [1.165, 1.54) is 48.7 Å². The number of likely N-dealkylation sites (tertiary alicyclic amines) is 1. The molecule has 0 aromatic heterocycles. The van der Waals surface area contributed by atoms with Gasteiger partial charge in [0.1, 0.15) is 17.4 Å². The first kappa shape index (κ1) is 29.9. The number of amidine groups is 1. The van der Waals surface area contributed by atoms with E-state index in [1.54, 1.807) is 12.3 Å². The molecule has 1 aromatic rings. The van der Waals surface area contributed by atoms with Gasteiger partial charge in [-0.05, 0) is 114 Å². The lowest BCUT2D eigenvalue weighted by atomic mass is 9.81. The van der Waals surface area contributed by atoms with Crippen molar-refractivity contribution >= 4 is 5.84 Å². The summed E-state index contributed by atoms with van der Waals surface area (Å²) < 4.78 is 21.4. The van der Waals surface area contributed by atoms with Crippen molar-refractivity contribution in [1.29, 1.82) is 5.41 Å². The van der Waals surface area contributed by atoms with E-state index < -0.39 is 0 Å². The van der Waals surface area contributed by atoms with E-state index in [1.807, 2.05) is 19.1 Å². The Kier molecular flexibility index (Phi) is 11.4. The van der Waals surface area contributed by atoms with E-state index in [-0.39, 0.29) is 11.7 Å². The molecule has 1 unspecified atom stereocenters. The van der Waals surface area contributed by atoms with Crippen LogP contribution < -0.4 is 0 Å². The van der Waals surface area contributed by atoms with Crippen molar-refractivity contribution in [3.8, 4) is 0 Å². The zero-order valence-corrected chi connectivity index (χ0v) is 24.5. The molecule has 1 aliphatic heterocycles. The van der Waals surface area contributed by atoms with Crippen molar-refractivity contribution in [2.75, 3.05) is 32.7 Å². The molecule has 0 spiro atoms. The molecule has 208 valence electrons. The quantitative estimate of drug-likeness (QED) is 0.172. The minimum absolute atomic E-state index is 0.234. The number of nitrogens with zero attached hydrogens (tertiary/aromatic N) is 2. The first-order chi connectivity index (χ1) is 18.3. The van der Waals surface area contributed by atoms with E-state index >= 15 is 4.39 Å². The maximum absolute atomic E-state index is 15.3. The molecule has 1 N–H and O–H groups in total. The number of hydrogen-bond donors (Lipinski definition) is 1. The third-order valence-corrected chi connectivity index (χ3v) is 8.26. The Morgan fingerprint density at radius 1 is 1.21 bits per heavy atom. The van der Waals surface area contributed by atoms with Gasteiger partial charge in [0.15, 0.2) is 0 Å². The molecule has 5 heteroatoms. The Labute approximate surface area is 230 Å². The Bertz CT molecular complexity index is 1090. The van der Waals surface area contributed by atoms with Crippen molar-refractivity contribution in [1.82, 2.24) is 9.80 Å². The van der Waals surface area contributed by atoms with E-state index in [0.717, 1.165) is 43.8 Å². The molecule has 0 bridgehead atoms. The highest BCUT2D eigenvalue weighted by molar-refractivity contribution is 5.97. The van der Waals surface area contributed by atoms with Crippen LogP contribution in [0.2, 0.25) is 0 Å². The number of ether oxygens (including phenoxy) is 1. The van der Waals surface area contributed by atoms with Crippen LogP contribution in [0.1, 0.15) is 84.8 Å². The van der Waals surface area contributed by atoms with Crippen LogP contribution in [-0.4, -0.2) is 48.4 Å². The monoisotopic (exact) mass is 521 g/mol. The molecule has 1 atom stereocenters. The molecular weight excluding hydrogens is 473 g/mol. The van der Waals surface area contributed by atoms with Crippen molar-refractivity contribution in [2.45, 2.75) is 80.1 Å². The number of halogens is 1. The number of rotatable bonds is 12. The van der Waals surface area contributed by atoms with Crippen molar-refractivity contribution in [3.05, 3.63) is 81.6 Å². The molecule has 1 heterocycles. The van der Waals surface area contributed by atoms with Gasteiger partial charge < -0.3 is 14.5 Å². The van der Waals surface area contributed by atoms with Gasteiger partial charge in [-0.3, -0.25) is 5.41 Å². The van der Waals surface area contributed by atoms with Gasteiger partial charge in [0.05, 0.1) is 6.26 Å². The summed E-state index contributed by atoms with van der Waals surface area (Å²) in [5, 5.41) is 9.02. The number of allylic oxidation sites excluding steroid dienone is 6. The standard InChI is InChI=1S/C33H48FN3O/c1-7-22-38-32-26(6)25(5)30(24(4)8-2)23-27(32)16-17-28-29(14-12-15-31(28)34)33(35)37(9-3)21-13-20-36-18-10-11-19-36/h7,12,14-15,22-23,25,35H,8-11,13,16-21H2,1-6H3/b22-7-,30-24-,35-33?. The van der Waals surface area contributed by atoms with Gasteiger partial charge >= 0.3 is 0 Å². The molecule has 1 aromatic carbocycles. The Hall–Kier alpha value is -2.66. The molecule has 0 radical (unpaired) electrons. The maximum Gasteiger partial charge on any atom is 0.129 e. The first-order valence-electron chi connectivity index (χ1n) is 14.5. The molecule has 4 nitrogen and oxygen atoms in total. The molecule has 2 aliphatic rings. The predicted molar refractivity (Wildman–Crippen MR) is 158 cm³/mol. The molecule has 1 fully saturated rings. The lowest BCUT2D eigenvalue weighted by Gasteiger charge is -2.28. The lowest BCUT2D eigenvalue weighted by Crippen LogP contribution is -2.34. The summed E-state index contributed by atoms with van der Waals surface area (Å²) >= 11 is 0. The predicted octanol–water partition coefficient (Wildman–Crippen LogP) is 8.02. The van der Waals surface area contributed by atoms with Crippen molar-refractivity contribution < 1.29 is 9.13 Å². The third kappa shape index (κ3) is 7.25. The Morgan fingerprint density at radius 3 is 2.61 bits per heavy atom. The zero-order chi connectivity index (χ0) is 27.7. The highest BCUT2D eigenvalue weighted by Crippen LogP contribution is 2.38. The summed E-state index contributed by atoms with van der Waals surface area (Å²) in [4.78, 5) is 4.60. The van der Waals surface area contributed by atoms with Crippen LogP contribution in [0.3, 0.4) is 0 Å². The topological polar surface area (TPSA) is 39.6 Å². The van der Waals surface area contributed by atoms with Crippen LogP contribution in [0.5, 0.6) is 0 Å². The lowest BCUT2D eigenvalue weighted by molar-refractivity contribution is 0.310. The normalized spacial score (nSPS) is 19.8. The molecule has 1 saturated heterocycles. The van der Waals surface area contributed by atoms with Gasteiger partial charge in [-0.15, -0.1) is 0 Å². The summed E-state index contributed by atoms with van der Waals surface area (Å²) in [7, 11) is 0. The second-order valence-electron chi connectivity index (χ2n) is 10.7. The summed E-state index contributed by atoms with van der Waals surface area (Å²) in [6.45, 7) is 17.8. The van der Waals surface area contributed by atoms with E-state index in [2.05, 4.69) is 50.5 Å². The average Bonchev–Trinajstić information content (AvgIpc) is 3.44. The smallest absolute Gasteiger partial charge is 0.129 e. The fourth-order valence-corrected chi connectivity index (χ4v) is 5.63. The Morgan fingerprint density at radius 2 is 1.95 bits per heavy atom. The van der Waals surface area contributed by atoms with E-state index in [4.69, 9.17) is 10.1 Å². The van der Waals surface area contributed by atoms with Gasteiger partial charge in [-0.2, -0.15) is 0 Å². The molecule has 0 amide bonds. The highest BCUT2D eigenvalue weighted by Gasteiger charge is 2.25. The molecule has 3 rings (SSSR count). The summed E-state index contributed by atoms with van der Waals surface area (Å²) in [5.74, 6) is 1.37. The minimum atomic E-state index is -0.234. The van der Waals surface area contributed by atoms with E-state index in [0.29, 0.717) is 29.8 Å². The average molecular weight is 522 g/mol. The number of benzene rings is 1. The van der Waals surface area contributed by atoms with Crippen LogP contribution in [-0.2, 0) is 11.2 Å². The number of hydrogen-bond acceptors (Lipinski definition) is 3. The molecule has 1 aliphatic carbocycles. The van der Waals surface area contributed by atoms with Crippen molar-refractivity contribution in [3.63, 3.8) is 0 Å². The maximum atomic E-state index is 15.3. The first-order valence-corrected chi connectivity index (χ1v) is 14.5. The zero-order valence-electron chi connectivity index (χ0n) is 24.5. The Balaban J connectivity index is 1.82. The van der Waals surface area contributed by atoms with Crippen LogP contribution >= 0.6 is 0 Å².